The second-order valence-corrected chi connectivity index (χ2v) is 5.40. The largest absolute Gasteiger partial charge is 0.0885 e. The van der Waals surface area contributed by atoms with Crippen molar-refractivity contribution in [1.29, 1.82) is 0 Å². The lowest BCUT2D eigenvalue weighted by Crippen LogP contribution is -2.17. The SMILES string of the molecule is CC(C)C(Br)C(C)CC1CC1. The third kappa shape index (κ3) is 3.14. The fourth-order valence-electron chi connectivity index (χ4n) is 1.67. The predicted molar refractivity (Wildman–Crippen MR) is 54.1 cm³/mol. The van der Waals surface area contributed by atoms with Crippen LogP contribution < -0.4 is 0 Å². The van der Waals surface area contributed by atoms with E-state index >= 15 is 0 Å². The van der Waals surface area contributed by atoms with Gasteiger partial charge in [0.05, 0.1) is 0 Å². The number of alkyl halides is 1. The highest BCUT2D eigenvalue weighted by atomic mass is 79.9. The zero-order valence-electron chi connectivity index (χ0n) is 7.81. The van der Waals surface area contributed by atoms with E-state index in [9.17, 15) is 0 Å². The summed E-state index contributed by atoms with van der Waals surface area (Å²) in [5, 5.41) is 0. The molecule has 11 heavy (non-hydrogen) atoms. The van der Waals surface area contributed by atoms with Crippen LogP contribution in [0.1, 0.15) is 40.0 Å². The van der Waals surface area contributed by atoms with Crippen molar-refractivity contribution in [1.82, 2.24) is 0 Å². The summed E-state index contributed by atoms with van der Waals surface area (Å²) in [6.07, 6.45) is 4.42. The second kappa shape index (κ2) is 3.93. The molecule has 0 heterocycles. The Labute approximate surface area is 78.9 Å². The first-order chi connectivity index (χ1) is 5.11. The van der Waals surface area contributed by atoms with E-state index in [4.69, 9.17) is 0 Å². The number of hydrogen-bond donors (Lipinski definition) is 0. The van der Waals surface area contributed by atoms with Crippen LogP contribution in [0.25, 0.3) is 0 Å². The second-order valence-electron chi connectivity index (χ2n) is 4.34. The van der Waals surface area contributed by atoms with E-state index in [1.54, 1.807) is 0 Å². The molecule has 0 nitrogen and oxygen atoms in total. The molecule has 0 aromatic rings. The monoisotopic (exact) mass is 218 g/mol. The minimum Gasteiger partial charge on any atom is -0.0885 e. The van der Waals surface area contributed by atoms with Crippen LogP contribution in [-0.2, 0) is 0 Å². The molecule has 0 saturated heterocycles. The van der Waals surface area contributed by atoms with E-state index in [0.29, 0.717) is 0 Å². The van der Waals surface area contributed by atoms with E-state index in [0.717, 1.165) is 22.6 Å². The summed E-state index contributed by atoms with van der Waals surface area (Å²) in [5.41, 5.74) is 0. The third-order valence-corrected chi connectivity index (χ3v) is 4.54. The molecule has 1 heteroatoms. The normalized spacial score (nSPS) is 23.7. The van der Waals surface area contributed by atoms with Crippen LogP contribution in [0.2, 0.25) is 0 Å². The maximum atomic E-state index is 3.76. The van der Waals surface area contributed by atoms with Crippen LogP contribution in [0.4, 0.5) is 0 Å². The van der Waals surface area contributed by atoms with Gasteiger partial charge in [-0.15, -0.1) is 0 Å². The van der Waals surface area contributed by atoms with Crippen molar-refractivity contribution in [2.75, 3.05) is 0 Å². The van der Waals surface area contributed by atoms with Crippen LogP contribution in [0, 0.1) is 17.8 Å². The Bertz CT molecular complexity index is 116. The van der Waals surface area contributed by atoms with Crippen LogP contribution in [0.3, 0.4) is 0 Å². The maximum absolute atomic E-state index is 3.76. The Hall–Kier alpha value is 0.480. The van der Waals surface area contributed by atoms with Gasteiger partial charge < -0.3 is 0 Å². The zero-order chi connectivity index (χ0) is 8.43. The Kier molecular flexibility index (Phi) is 3.42. The number of hydrogen-bond acceptors (Lipinski definition) is 0. The van der Waals surface area contributed by atoms with E-state index in [1.165, 1.54) is 19.3 Å². The van der Waals surface area contributed by atoms with Gasteiger partial charge in [0.15, 0.2) is 0 Å². The minimum absolute atomic E-state index is 0.725. The molecule has 0 aromatic heterocycles. The maximum Gasteiger partial charge on any atom is 0.0194 e. The van der Waals surface area contributed by atoms with Gasteiger partial charge in [-0.25, -0.2) is 0 Å². The van der Waals surface area contributed by atoms with Crippen LogP contribution in [0.15, 0.2) is 0 Å². The van der Waals surface area contributed by atoms with Crippen LogP contribution >= 0.6 is 15.9 Å². The summed E-state index contributed by atoms with van der Waals surface area (Å²) in [5.74, 6) is 2.72. The van der Waals surface area contributed by atoms with Gasteiger partial charge >= 0.3 is 0 Å². The van der Waals surface area contributed by atoms with Crippen molar-refractivity contribution in [3.63, 3.8) is 0 Å². The van der Waals surface area contributed by atoms with Gasteiger partial charge in [0.1, 0.15) is 0 Å². The Morgan fingerprint density at radius 1 is 1.27 bits per heavy atom. The molecule has 1 fully saturated rings. The average molecular weight is 219 g/mol. The number of rotatable bonds is 4. The van der Waals surface area contributed by atoms with Gasteiger partial charge in [-0.05, 0) is 24.2 Å². The van der Waals surface area contributed by atoms with Gasteiger partial charge in [0.2, 0.25) is 0 Å². The van der Waals surface area contributed by atoms with Crippen molar-refractivity contribution in [2.24, 2.45) is 17.8 Å². The minimum atomic E-state index is 0.725. The molecule has 1 aliphatic rings. The van der Waals surface area contributed by atoms with Gasteiger partial charge in [-0.1, -0.05) is 49.5 Å². The van der Waals surface area contributed by atoms with Gasteiger partial charge in [-0.3, -0.25) is 0 Å². The first-order valence-electron chi connectivity index (χ1n) is 4.75. The molecule has 2 atom stereocenters. The lowest BCUT2D eigenvalue weighted by molar-refractivity contribution is 0.418. The topological polar surface area (TPSA) is 0 Å². The summed E-state index contributed by atoms with van der Waals surface area (Å²) in [7, 11) is 0. The fourth-order valence-corrected chi connectivity index (χ4v) is 1.88. The summed E-state index contributed by atoms with van der Waals surface area (Å²) in [6, 6.07) is 0. The summed E-state index contributed by atoms with van der Waals surface area (Å²) >= 11 is 3.76. The fraction of sp³-hybridized carbons (Fsp3) is 1.00. The lowest BCUT2D eigenvalue weighted by atomic mass is 9.94. The Balaban J connectivity index is 2.20. The molecule has 0 bridgehead atoms. The van der Waals surface area contributed by atoms with E-state index in [-0.39, 0.29) is 0 Å². The smallest absolute Gasteiger partial charge is 0.0194 e. The molecule has 0 aromatic carbocycles. The molecule has 0 aliphatic heterocycles. The van der Waals surface area contributed by atoms with Gasteiger partial charge in [-0.2, -0.15) is 0 Å². The highest BCUT2D eigenvalue weighted by Crippen LogP contribution is 2.38. The molecule has 0 amide bonds. The summed E-state index contributed by atoms with van der Waals surface area (Å²) in [4.78, 5) is 0.725. The molecule has 1 aliphatic carbocycles. The summed E-state index contributed by atoms with van der Waals surface area (Å²) < 4.78 is 0. The quantitative estimate of drug-likeness (QED) is 0.630. The van der Waals surface area contributed by atoms with E-state index < -0.39 is 0 Å². The van der Waals surface area contributed by atoms with Gasteiger partial charge in [0, 0.05) is 4.83 Å². The van der Waals surface area contributed by atoms with Crippen molar-refractivity contribution < 1.29 is 0 Å². The Morgan fingerprint density at radius 2 is 1.82 bits per heavy atom. The van der Waals surface area contributed by atoms with E-state index in [1.807, 2.05) is 0 Å². The first kappa shape index (κ1) is 9.57. The molecule has 0 radical (unpaired) electrons. The first-order valence-corrected chi connectivity index (χ1v) is 5.67. The van der Waals surface area contributed by atoms with Crippen LogP contribution in [-0.4, -0.2) is 4.83 Å². The molecule has 0 N–H and O–H groups in total. The zero-order valence-corrected chi connectivity index (χ0v) is 9.39. The molecule has 66 valence electrons. The average Bonchev–Trinajstić information content (AvgIpc) is 2.69. The number of halogens is 1. The van der Waals surface area contributed by atoms with Crippen LogP contribution in [0.5, 0.6) is 0 Å². The van der Waals surface area contributed by atoms with Crippen molar-refractivity contribution >= 4 is 15.9 Å². The predicted octanol–water partition coefficient (Wildman–Crippen LogP) is 3.84. The highest BCUT2D eigenvalue weighted by Gasteiger charge is 2.27. The molecule has 2 unspecified atom stereocenters. The van der Waals surface area contributed by atoms with Crippen molar-refractivity contribution in [3.8, 4) is 0 Å². The summed E-state index contributed by atoms with van der Waals surface area (Å²) in [6.45, 7) is 6.96. The molecule has 0 spiro atoms. The molecule has 1 saturated carbocycles. The highest BCUT2D eigenvalue weighted by molar-refractivity contribution is 9.09. The van der Waals surface area contributed by atoms with Crippen molar-refractivity contribution in [3.05, 3.63) is 0 Å². The molecule has 1 rings (SSSR count). The molecular formula is C10H19Br. The van der Waals surface area contributed by atoms with E-state index in [2.05, 4.69) is 36.7 Å². The third-order valence-electron chi connectivity index (χ3n) is 2.58. The van der Waals surface area contributed by atoms with Crippen molar-refractivity contribution in [2.45, 2.75) is 44.9 Å². The Morgan fingerprint density at radius 3 is 2.18 bits per heavy atom. The van der Waals surface area contributed by atoms with Gasteiger partial charge in [0.25, 0.3) is 0 Å². The molecular weight excluding hydrogens is 200 g/mol. The standard InChI is InChI=1S/C10H19Br/c1-7(2)10(11)8(3)6-9-4-5-9/h7-10H,4-6H2,1-3H3. The lowest BCUT2D eigenvalue weighted by Gasteiger charge is -2.21.